The van der Waals surface area contributed by atoms with Gasteiger partial charge < -0.3 is 10.2 Å². The largest absolute Gasteiger partial charge is 0.478 e. The SMILES string of the molecule is O=C(O)C(O)(I)Cc1ccccc1. The molecule has 0 aliphatic carbocycles. The molecule has 0 aliphatic rings. The molecule has 1 aromatic carbocycles. The van der Waals surface area contributed by atoms with E-state index in [0.717, 1.165) is 5.56 Å². The molecule has 0 spiro atoms. The fraction of sp³-hybridized carbons (Fsp3) is 0.222. The summed E-state index contributed by atoms with van der Waals surface area (Å²) in [7, 11) is 0. The number of hydrogen-bond acceptors (Lipinski definition) is 2. The summed E-state index contributed by atoms with van der Waals surface area (Å²) in [5.74, 6) is -1.21. The Bertz CT molecular complexity index is 295. The van der Waals surface area contributed by atoms with Crippen molar-refractivity contribution in [2.45, 2.75) is 10.0 Å². The van der Waals surface area contributed by atoms with Gasteiger partial charge >= 0.3 is 5.97 Å². The number of carbonyl (C=O) groups is 1. The molecule has 2 N–H and O–H groups in total. The number of alkyl halides is 1. The molecular formula is C9H9IO3. The number of aliphatic hydroxyl groups is 1. The fourth-order valence-corrected chi connectivity index (χ4v) is 1.38. The lowest BCUT2D eigenvalue weighted by Crippen LogP contribution is -2.33. The molecule has 1 rings (SSSR count). The number of carboxylic acids is 1. The monoisotopic (exact) mass is 292 g/mol. The van der Waals surface area contributed by atoms with Crippen LogP contribution in [0.15, 0.2) is 30.3 Å². The predicted molar refractivity (Wildman–Crippen MR) is 56.8 cm³/mol. The zero-order valence-corrected chi connectivity index (χ0v) is 8.93. The van der Waals surface area contributed by atoms with Crippen molar-refractivity contribution >= 4 is 28.6 Å². The summed E-state index contributed by atoms with van der Waals surface area (Å²) in [6.07, 6.45) is 0.115. The highest BCUT2D eigenvalue weighted by Crippen LogP contribution is 2.20. The van der Waals surface area contributed by atoms with Crippen molar-refractivity contribution in [1.82, 2.24) is 0 Å². The first-order valence-corrected chi connectivity index (χ1v) is 4.79. The second kappa shape index (κ2) is 4.06. The smallest absolute Gasteiger partial charge is 0.346 e. The third-order valence-corrected chi connectivity index (χ3v) is 2.45. The number of carboxylic acid groups (broad SMARTS) is 1. The van der Waals surface area contributed by atoms with E-state index in [1.165, 1.54) is 22.6 Å². The summed E-state index contributed by atoms with van der Waals surface area (Å²) >= 11 is 1.53. The van der Waals surface area contributed by atoms with Crippen LogP contribution in [0.3, 0.4) is 0 Å². The minimum absolute atomic E-state index is 0.115. The number of aliphatic carboxylic acids is 1. The molecule has 0 aromatic heterocycles. The zero-order valence-electron chi connectivity index (χ0n) is 6.77. The molecule has 1 unspecified atom stereocenters. The number of halogens is 1. The second-order valence-electron chi connectivity index (χ2n) is 2.73. The maximum Gasteiger partial charge on any atom is 0.346 e. The van der Waals surface area contributed by atoms with Crippen LogP contribution in [0.4, 0.5) is 0 Å². The van der Waals surface area contributed by atoms with Gasteiger partial charge in [0.2, 0.25) is 3.61 Å². The van der Waals surface area contributed by atoms with E-state index in [-0.39, 0.29) is 6.42 Å². The van der Waals surface area contributed by atoms with Gasteiger partial charge in [0.05, 0.1) is 0 Å². The Morgan fingerprint density at radius 1 is 1.38 bits per heavy atom. The topological polar surface area (TPSA) is 57.5 Å². The van der Waals surface area contributed by atoms with Gasteiger partial charge in [-0.05, 0) is 28.2 Å². The summed E-state index contributed by atoms with van der Waals surface area (Å²) in [5.41, 5.74) is 0.807. The number of benzene rings is 1. The van der Waals surface area contributed by atoms with Crippen LogP contribution in [0.25, 0.3) is 0 Å². The van der Waals surface area contributed by atoms with Crippen molar-refractivity contribution in [2.75, 3.05) is 0 Å². The van der Waals surface area contributed by atoms with Gasteiger partial charge in [-0.25, -0.2) is 4.79 Å². The maximum atomic E-state index is 10.6. The molecule has 0 heterocycles. The molecule has 3 nitrogen and oxygen atoms in total. The quantitative estimate of drug-likeness (QED) is 0.654. The first-order chi connectivity index (χ1) is 6.02. The average molecular weight is 292 g/mol. The summed E-state index contributed by atoms with van der Waals surface area (Å²) in [6, 6.07) is 9.03. The normalized spacial score (nSPS) is 14.9. The Balaban J connectivity index is 2.75. The lowest BCUT2D eigenvalue weighted by atomic mass is 10.1. The van der Waals surface area contributed by atoms with Crippen LogP contribution >= 0.6 is 22.6 Å². The lowest BCUT2D eigenvalue weighted by molar-refractivity contribution is -0.147. The van der Waals surface area contributed by atoms with Crippen LogP contribution in [0.5, 0.6) is 0 Å². The molecule has 1 aromatic rings. The van der Waals surface area contributed by atoms with Crippen molar-refractivity contribution in [1.29, 1.82) is 0 Å². The standard InChI is InChI=1S/C9H9IO3/c10-9(13,8(11)12)6-7-4-2-1-3-5-7/h1-5,13H,6H2,(H,11,12). The third-order valence-electron chi connectivity index (χ3n) is 1.61. The van der Waals surface area contributed by atoms with Crippen LogP contribution in [0, 0.1) is 0 Å². The van der Waals surface area contributed by atoms with E-state index in [9.17, 15) is 9.90 Å². The van der Waals surface area contributed by atoms with Crippen molar-refractivity contribution < 1.29 is 15.0 Å². The van der Waals surface area contributed by atoms with Crippen LogP contribution < -0.4 is 0 Å². The highest BCUT2D eigenvalue weighted by molar-refractivity contribution is 14.1. The fourth-order valence-electron chi connectivity index (χ4n) is 0.942. The maximum absolute atomic E-state index is 10.6. The Hall–Kier alpha value is -0.620. The van der Waals surface area contributed by atoms with Gasteiger partial charge in [-0.2, -0.15) is 0 Å². The van der Waals surface area contributed by atoms with Crippen LogP contribution in [0.1, 0.15) is 5.56 Å². The predicted octanol–water partition coefficient (Wildman–Crippen LogP) is 1.44. The Morgan fingerprint density at radius 2 is 1.92 bits per heavy atom. The molecule has 0 saturated heterocycles. The summed E-state index contributed by atoms with van der Waals surface area (Å²) in [4.78, 5) is 10.6. The van der Waals surface area contributed by atoms with Crippen LogP contribution in [-0.4, -0.2) is 19.8 Å². The number of hydrogen-bond donors (Lipinski definition) is 2. The summed E-state index contributed by atoms with van der Waals surface area (Å²) in [5, 5.41) is 18.1. The van der Waals surface area contributed by atoms with Crippen molar-refractivity contribution in [3.8, 4) is 0 Å². The van der Waals surface area contributed by atoms with Gasteiger partial charge in [-0.15, -0.1) is 0 Å². The van der Waals surface area contributed by atoms with Crippen LogP contribution in [0.2, 0.25) is 0 Å². The van der Waals surface area contributed by atoms with E-state index in [0.29, 0.717) is 0 Å². The second-order valence-corrected chi connectivity index (χ2v) is 4.51. The Morgan fingerprint density at radius 3 is 2.38 bits per heavy atom. The zero-order chi connectivity index (χ0) is 9.90. The van der Waals surface area contributed by atoms with E-state index < -0.39 is 9.58 Å². The molecule has 0 fully saturated rings. The Labute approximate surface area is 89.5 Å². The molecule has 0 amide bonds. The highest BCUT2D eigenvalue weighted by atomic mass is 127. The van der Waals surface area contributed by atoms with E-state index in [1.807, 2.05) is 18.2 Å². The van der Waals surface area contributed by atoms with Gasteiger partial charge in [0.25, 0.3) is 0 Å². The minimum Gasteiger partial charge on any atom is -0.478 e. The van der Waals surface area contributed by atoms with Gasteiger partial charge in [0, 0.05) is 6.42 Å². The van der Waals surface area contributed by atoms with Gasteiger partial charge in [-0.1, -0.05) is 30.3 Å². The number of rotatable bonds is 3. The van der Waals surface area contributed by atoms with E-state index in [4.69, 9.17) is 5.11 Å². The molecule has 4 heteroatoms. The molecule has 0 radical (unpaired) electrons. The van der Waals surface area contributed by atoms with E-state index in [1.54, 1.807) is 12.1 Å². The van der Waals surface area contributed by atoms with Gasteiger partial charge in [0.15, 0.2) is 0 Å². The average Bonchev–Trinajstić information content (AvgIpc) is 2.05. The summed E-state index contributed by atoms with van der Waals surface area (Å²) in [6.45, 7) is 0. The lowest BCUT2D eigenvalue weighted by Gasteiger charge is -2.15. The molecule has 0 saturated carbocycles. The molecular weight excluding hydrogens is 283 g/mol. The van der Waals surface area contributed by atoms with Gasteiger partial charge in [0.1, 0.15) is 0 Å². The van der Waals surface area contributed by atoms with Gasteiger partial charge in [-0.3, -0.25) is 0 Å². The first-order valence-electron chi connectivity index (χ1n) is 3.71. The first kappa shape index (κ1) is 10.5. The van der Waals surface area contributed by atoms with Crippen molar-refractivity contribution in [3.05, 3.63) is 35.9 Å². The van der Waals surface area contributed by atoms with E-state index >= 15 is 0 Å². The highest BCUT2D eigenvalue weighted by Gasteiger charge is 2.32. The summed E-state index contributed by atoms with van der Waals surface area (Å²) < 4.78 is -1.71. The Kier molecular flexibility index (Phi) is 3.27. The van der Waals surface area contributed by atoms with Crippen molar-refractivity contribution in [3.63, 3.8) is 0 Å². The van der Waals surface area contributed by atoms with Crippen LogP contribution in [-0.2, 0) is 11.2 Å². The van der Waals surface area contributed by atoms with Crippen molar-refractivity contribution in [2.24, 2.45) is 0 Å². The third kappa shape index (κ3) is 2.96. The molecule has 0 bridgehead atoms. The molecule has 0 aliphatic heterocycles. The molecule has 1 atom stereocenters. The molecule has 70 valence electrons. The minimum atomic E-state index is -1.71. The molecule has 13 heavy (non-hydrogen) atoms. The van der Waals surface area contributed by atoms with E-state index in [2.05, 4.69) is 0 Å².